The second-order valence-corrected chi connectivity index (χ2v) is 7.10. The van der Waals surface area contributed by atoms with Gasteiger partial charge in [0.25, 0.3) is 0 Å². The first-order valence-corrected chi connectivity index (χ1v) is 8.03. The molecule has 0 amide bonds. The van der Waals surface area contributed by atoms with Gasteiger partial charge in [0.1, 0.15) is 0 Å². The largest absolute Gasteiger partial charge is 0.326 e. The Morgan fingerprint density at radius 2 is 2.16 bits per heavy atom. The Hall–Kier alpha value is -0.380. The third-order valence-corrected chi connectivity index (χ3v) is 4.86. The lowest BCUT2D eigenvalue weighted by molar-refractivity contribution is 0.0964. The summed E-state index contributed by atoms with van der Waals surface area (Å²) in [5, 5.41) is 0. The van der Waals surface area contributed by atoms with Gasteiger partial charge in [-0.25, -0.2) is 0 Å². The van der Waals surface area contributed by atoms with E-state index in [1.54, 1.807) is 0 Å². The Morgan fingerprint density at radius 1 is 1.42 bits per heavy atom. The lowest BCUT2D eigenvalue weighted by atomic mass is 9.92. The minimum Gasteiger partial charge on any atom is -0.326 e. The maximum Gasteiger partial charge on any atom is 0.0504 e. The van der Waals surface area contributed by atoms with Gasteiger partial charge in [0.2, 0.25) is 0 Å². The van der Waals surface area contributed by atoms with Crippen LogP contribution in [-0.4, -0.2) is 23.0 Å². The van der Waals surface area contributed by atoms with Gasteiger partial charge in [-0.1, -0.05) is 35.0 Å². The third-order valence-electron chi connectivity index (χ3n) is 4.37. The average molecular weight is 325 g/mol. The van der Waals surface area contributed by atoms with Crippen molar-refractivity contribution in [3.8, 4) is 0 Å². The molecule has 2 atom stereocenters. The summed E-state index contributed by atoms with van der Waals surface area (Å²) in [5.41, 5.74) is 8.03. The van der Waals surface area contributed by atoms with Gasteiger partial charge in [0.05, 0.1) is 6.04 Å². The fourth-order valence-electron chi connectivity index (χ4n) is 3.22. The summed E-state index contributed by atoms with van der Waals surface area (Å²) in [6, 6.07) is 9.12. The van der Waals surface area contributed by atoms with Gasteiger partial charge in [-0.3, -0.25) is 4.90 Å². The zero-order chi connectivity index (χ0) is 14.0. The van der Waals surface area contributed by atoms with Crippen molar-refractivity contribution in [3.05, 3.63) is 34.3 Å². The van der Waals surface area contributed by atoms with Crippen molar-refractivity contribution >= 4 is 15.9 Å². The lowest BCUT2D eigenvalue weighted by Gasteiger charge is -2.41. The SMILES string of the molecule is CCC(N)C(c1cccc(Br)c1)N1CCCC1(C)C. The number of likely N-dealkylation sites (tertiary alicyclic amines) is 1. The van der Waals surface area contributed by atoms with E-state index in [2.05, 4.69) is 65.9 Å². The van der Waals surface area contributed by atoms with E-state index in [4.69, 9.17) is 5.73 Å². The third kappa shape index (κ3) is 3.21. The van der Waals surface area contributed by atoms with Crippen molar-refractivity contribution in [2.45, 2.75) is 57.7 Å². The molecule has 2 unspecified atom stereocenters. The summed E-state index contributed by atoms with van der Waals surface area (Å²) >= 11 is 3.58. The van der Waals surface area contributed by atoms with E-state index in [1.165, 1.54) is 18.4 Å². The van der Waals surface area contributed by atoms with E-state index in [0.29, 0.717) is 6.04 Å². The van der Waals surface area contributed by atoms with Crippen LogP contribution in [0.2, 0.25) is 0 Å². The molecule has 1 fully saturated rings. The van der Waals surface area contributed by atoms with Gasteiger partial charge in [0.15, 0.2) is 0 Å². The van der Waals surface area contributed by atoms with Crippen molar-refractivity contribution < 1.29 is 0 Å². The minimum absolute atomic E-state index is 0.187. The second-order valence-electron chi connectivity index (χ2n) is 6.18. The topological polar surface area (TPSA) is 29.3 Å². The molecule has 2 rings (SSSR count). The standard InChI is InChI=1S/C16H25BrN2/c1-4-14(18)15(12-7-5-8-13(17)11-12)19-10-6-9-16(19,2)3/h5,7-8,11,14-15H,4,6,9-10,18H2,1-3H3. The molecule has 1 aliphatic rings. The molecule has 1 aliphatic heterocycles. The molecule has 1 aromatic carbocycles. The average Bonchev–Trinajstić information content (AvgIpc) is 2.70. The Labute approximate surface area is 125 Å². The summed E-state index contributed by atoms with van der Waals surface area (Å²) in [6.07, 6.45) is 3.53. The van der Waals surface area contributed by atoms with Crippen molar-refractivity contribution in [3.63, 3.8) is 0 Å². The van der Waals surface area contributed by atoms with Crippen LogP contribution in [0.25, 0.3) is 0 Å². The molecule has 1 aromatic rings. The van der Waals surface area contributed by atoms with Crippen LogP contribution >= 0.6 is 15.9 Å². The molecule has 0 aliphatic carbocycles. The summed E-state index contributed by atoms with van der Waals surface area (Å²) in [6.45, 7) is 8.01. The molecular weight excluding hydrogens is 300 g/mol. The van der Waals surface area contributed by atoms with Gasteiger partial charge >= 0.3 is 0 Å². The zero-order valence-corrected chi connectivity index (χ0v) is 13.8. The second kappa shape index (κ2) is 5.94. The zero-order valence-electron chi connectivity index (χ0n) is 12.2. The molecule has 1 saturated heterocycles. The number of benzene rings is 1. The Kier molecular flexibility index (Phi) is 4.70. The molecule has 3 heteroatoms. The quantitative estimate of drug-likeness (QED) is 0.903. The van der Waals surface area contributed by atoms with Crippen LogP contribution < -0.4 is 5.73 Å². The van der Waals surface area contributed by atoms with Gasteiger partial charge in [-0.05, 0) is 57.4 Å². The molecular formula is C16H25BrN2. The fraction of sp³-hybridized carbons (Fsp3) is 0.625. The fourth-order valence-corrected chi connectivity index (χ4v) is 3.63. The molecule has 1 heterocycles. The van der Waals surface area contributed by atoms with Crippen molar-refractivity contribution in [2.75, 3.05) is 6.54 Å². The highest BCUT2D eigenvalue weighted by Crippen LogP contribution is 2.38. The lowest BCUT2D eigenvalue weighted by Crippen LogP contribution is -2.47. The molecule has 0 aromatic heterocycles. The number of hydrogen-bond donors (Lipinski definition) is 1. The number of nitrogens with zero attached hydrogens (tertiary/aromatic N) is 1. The maximum absolute atomic E-state index is 6.44. The molecule has 0 radical (unpaired) electrons. The first-order valence-electron chi connectivity index (χ1n) is 7.23. The molecule has 2 nitrogen and oxygen atoms in total. The van der Waals surface area contributed by atoms with E-state index < -0.39 is 0 Å². The summed E-state index contributed by atoms with van der Waals surface area (Å²) in [5.74, 6) is 0. The van der Waals surface area contributed by atoms with Crippen LogP contribution in [-0.2, 0) is 0 Å². The predicted molar refractivity (Wildman–Crippen MR) is 85.2 cm³/mol. The van der Waals surface area contributed by atoms with E-state index >= 15 is 0 Å². The Morgan fingerprint density at radius 3 is 2.68 bits per heavy atom. The number of halogens is 1. The van der Waals surface area contributed by atoms with Gasteiger partial charge < -0.3 is 5.73 Å². The van der Waals surface area contributed by atoms with Gasteiger partial charge in [-0.15, -0.1) is 0 Å². The van der Waals surface area contributed by atoms with Crippen LogP contribution in [0.3, 0.4) is 0 Å². The van der Waals surface area contributed by atoms with Crippen LogP contribution in [0.5, 0.6) is 0 Å². The summed E-state index contributed by atoms with van der Waals surface area (Å²) < 4.78 is 1.13. The predicted octanol–water partition coefficient (Wildman–Crippen LogP) is 4.10. The first kappa shape index (κ1) is 15.0. The summed E-state index contributed by atoms with van der Waals surface area (Å²) in [7, 11) is 0. The van der Waals surface area contributed by atoms with Crippen LogP contribution in [0, 0.1) is 0 Å². The number of nitrogens with two attached hydrogens (primary N) is 1. The smallest absolute Gasteiger partial charge is 0.0504 e. The van der Waals surface area contributed by atoms with Crippen LogP contribution in [0.15, 0.2) is 28.7 Å². The van der Waals surface area contributed by atoms with Crippen LogP contribution in [0.1, 0.15) is 51.6 Å². The van der Waals surface area contributed by atoms with Gasteiger partial charge in [0, 0.05) is 16.1 Å². The maximum atomic E-state index is 6.44. The number of rotatable bonds is 4. The van der Waals surface area contributed by atoms with E-state index in [9.17, 15) is 0 Å². The number of hydrogen-bond acceptors (Lipinski definition) is 2. The molecule has 106 valence electrons. The molecule has 2 N–H and O–H groups in total. The van der Waals surface area contributed by atoms with Gasteiger partial charge in [-0.2, -0.15) is 0 Å². The van der Waals surface area contributed by atoms with Crippen molar-refractivity contribution in [1.82, 2.24) is 4.90 Å². The molecule has 19 heavy (non-hydrogen) atoms. The normalized spacial score (nSPS) is 22.4. The van der Waals surface area contributed by atoms with E-state index in [1.807, 2.05) is 0 Å². The molecule has 0 spiro atoms. The van der Waals surface area contributed by atoms with Crippen LogP contribution in [0.4, 0.5) is 0 Å². The minimum atomic E-state index is 0.187. The van der Waals surface area contributed by atoms with E-state index in [-0.39, 0.29) is 11.6 Å². The molecule has 0 bridgehead atoms. The highest BCUT2D eigenvalue weighted by atomic mass is 79.9. The highest BCUT2D eigenvalue weighted by molar-refractivity contribution is 9.10. The Bertz CT molecular complexity index is 431. The summed E-state index contributed by atoms with van der Waals surface area (Å²) in [4.78, 5) is 2.60. The van der Waals surface area contributed by atoms with Crippen molar-refractivity contribution in [1.29, 1.82) is 0 Å². The highest BCUT2D eigenvalue weighted by Gasteiger charge is 2.39. The van der Waals surface area contributed by atoms with E-state index in [0.717, 1.165) is 17.4 Å². The first-order chi connectivity index (χ1) is 8.95. The van der Waals surface area contributed by atoms with Crippen molar-refractivity contribution in [2.24, 2.45) is 5.73 Å². The Balaban J connectivity index is 2.36. The monoisotopic (exact) mass is 324 g/mol. The molecule has 0 saturated carbocycles.